The second-order valence-electron chi connectivity index (χ2n) is 6.37. The number of nitrogens with one attached hydrogen (secondary N) is 2. The van der Waals surface area contributed by atoms with Crippen molar-refractivity contribution in [3.8, 4) is 0 Å². The molecule has 138 valence electrons. The first kappa shape index (κ1) is 18.4. The standard InChI is InChI=1S/C19H22N2O4S/c1-14-2-8-18(9-3-14)26(23,24)21-17-6-4-16(5-7-17)20-19(22)15-10-12-25-13-11-15/h2-9,15,21H,10-13H2,1H3,(H,20,22). The van der Waals surface area contributed by atoms with Gasteiger partial charge in [0.1, 0.15) is 0 Å². The molecule has 1 aliphatic heterocycles. The van der Waals surface area contributed by atoms with E-state index in [2.05, 4.69) is 10.0 Å². The van der Waals surface area contributed by atoms with Crippen LogP contribution in [0.2, 0.25) is 0 Å². The number of hydrogen-bond donors (Lipinski definition) is 2. The van der Waals surface area contributed by atoms with Crippen molar-refractivity contribution in [3.63, 3.8) is 0 Å². The predicted octanol–water partition coefficient (Wildman–Crippen LogP) is 3.16. The molecule has 0 aliphatic carbocycles. The summed E-state index contributed by atoms with van der Waals surface area (Å²) in [6.45, 7) is 3.12. The fourth-order valence-electron chi connectivity index (χ4n) is 2.76. The summed E-state index contributed by atoms with van der Waals surface area (Å²) in [6.07, 6.45) is 1.44. The molecule has 2 aromatic carbocycles. The summed E-state index contributed by atoms with van der Waals surface area (Å²) in [7, 11) is -3.63. The third kappa shape index (κ3) is 4.62. The Kier molecular flexibility index (Phi) is 5.58. The van der Waals surface area contributed by atoms with E-state index in [0.29, 0.717) is 24.6 Å². The zero-order valence-corrected chi connectivity index (χ0v) is 15.4. The minimum atomic E-state index is -3.63. The lowest BCUT2D eigenvalue weighted by Gasteiger charge is -2.21. The van der Waals surface area contributed by atoms with Crippen LogP contribution in [0.5, 0.6) is 0 Å². The number of amides is 1. The van der Waals surface area contributed by atoms with Gasteiger partial charge < -0.3 is 10.1 Å². The van der Waals surface area contributed by atoms with Crippen molar-refractivity contribution in [2.45, 2.75) is 24.7 Å². The second kappa shape index (κ2) is 7.88. The summed E-state index contributed by atoms with van der Waals surface area (Å²) >= 11 is 0. The van der Waals surface area contributed by atoms with Crippen molar-refractivity contribution in [1.82, 2.24) is 0 Å². The smallest absolute Gasteiger partial charge is 0.261 e. The second-order valence-corrected chi connectivity index (χ2v) is 8.05. The van der Waals surface area contributed by atoms with Gasteiger partial charge >= 0.3 is 0 Å². The highest BCUT2D eigenvalue weighted by atomic mass is 32.2. The Hall–Kier alpha value is -2.38. The number of aryl methyl sites for hydroxylation is 1. The average molecular weight is 374 g/mol. The van der Waals surface area contributed by atoms with E-state index >= 15 is 0 Å². The Bertz CT molecular complexity index is 855. The molecule has 7 heteroatoms. The number of rotatable bonds is 5. The van der Waals surface area contributed by atoms with Gasteiger partial charge in [0.2, 0.25) is 5.91 Å². The molecule has 1 heterocycles. The van der Waals surface area contributed by atoms with Gasteiger partial charge in [-0.05, 0) is 56.2 Å². The van der Waals surface area contributed by atoms with Gasteiger partial charge in [0.05, 0.1) is 4.90 Å². The zero-order chi connectivity index (χ0) is 18.6. The number of hydrogen-bond acceptors (Lipinski definition) is 4. The normalized spacial score (nSPS) is 15.4. The third-order valence-corrected chi connectivity index (χ3v) is 5.73. The van der Waals surface area contributed by atoms with Crippen molar-refractivity contribution in [3.05, 3.63) is 54.1 Å². The summed E-state index contributed by atoms with van der Waals surface area (Å²) in [6, 6.07) is 13.3. The van der Waals surface area contributed by atoms with Crippen LogP contribution in [0.15, 0.2) is 53.4 Å². The molecule has 6 nitrogen and oxygen atoms in total. The van der Waals surface area contributed by atoms with E-state index in [0.717, 1.165) is 18.4 Å². The van der Waals surface area contributed by atoms with Crippen LogP contribution in [0.1, 0.15) is 18.4 Å². The predicted molar refractivity (Wildman–Crippen MR) is 101 cm³/mol. The van der Waals surface area contributed by atoms with Gasteiger partial charge in [-0.3, -0.25) is 9.52 Å². The molecule has 3 rings (SSSR count). The maximum atomic E-state index is 12.4. The molecular formula is C19H22N2O4S. The quantitative estimate of drug-likeness (QED) is 0.842. The molecule has 1 saturated heterocycles. The fraction of sp³-hybridized carbons (Fsp3) is 0.316. The molecule has 0 spiro atoms. The van der Waals surface area contributed by atoms with Crippen LogP contribution in [0.25, 0.3) is 0 Å². The van der Waals surface area contributed by atoms with E-state index in [-0.39, 0.29) is 16.7 Å². The number of ether oxygens (including phenoxy) is 1. The highest BCUT2D eigenvalue weighted by Gasteiger charge is 2.21. The number of benzene rings is 2. The highest BCUT2D eigenvalue weighted by Crippen LogP contribution is 2.21. The monoisotopic (exact) mass is 374 g/mol. The zero-order valence-electron chi connectivity index (χ0n) is 14.6. The van der Waals surface area contributed by atoms with Crippen molar-refractivity contribution < 1.29 is 17.9 Å². The maximum absolute atomic E-state index is 12.4. The van der Waals surface area contributed by atoms with E-state index in [9.17, 15) is 13.2 Å². The number of sulfonamides is 1. The molecule has 26 heavy (non-hydrogen) atoms. The first-order chi connectivity index (χ1) is 12.4. The topological polar surface area (TPSA) is 84.5 Å². The lowest BCUT2D eigenvalue weighted by molar-refractivity contribution is -0.122. The Balaban J connectivity index is 1.63. The van der Waals surface area contributed by atoms with Crippen molar-refractivity contribution in [1.29, 1.82) is 0 Å². The van der Waals surface area contributed by atoms with E-state index in [1.54, 1.807) is 48.5 Å². The van der Waals surface area contributed by atoms with Gasteiger partial charge in [-0.25, -0.2) is 8.42 Å². The molecule has 0 bridgehead atoms. The average Bonchev–Trinajstić information content (AvgIpc) is 2.64. The highest BCUT2D eigenvalue weighted by molar-refractivity contribution is 7.92. The van der Waals surface area contributed by atoms with Gasteiger partial charge in [0, 0.05) is 30.5 Å². The molecule has 0 radical (unpaired) electrons. The first-order valence-electron chi connectivity index (χ1n) is 8.52. The van der Waals surface area contributed by atoms with Crippen LogP contribution in [-0.4, -0.2) is 27.5 Å². The molecule has 0 aromatic heterocycles. The van der Waals surface area contributed by atoms with Gasteiger partial charge in [0.15, 0.2) is 0 Å². The van der Waals surface area contributed by atoms with Crippen LogP contribution in [0, 0.1) is 12.8 Å². The summed E-state index contributed by atoms with van der Waals surface area (Å²) in [4.78, 5) is 12.4. The largest absolute Gasteiger partial charge is 0.381 e. The summed E-state index contributed by atoms with van der Waals surface area (Å²) in [5.41, 5.74) is 2.07. The maximum Gasteiger partial charge on any atom is 0.261 e. The third-order valence-electron chi connectivity index (χ3n) is 4.33. The summed E-state index contributed by atoms with van der Waals surface area (Å²) in [5, 5.41) is 2.87. The van der Waals surface area contributed by atoms with Crippen LogP contribution < -0.4 is 10.0 Å². The molecule has 1 fully saturated rings. The SMILES string of the molecule is Cc1ccc(S(=O)(=O)Nc2ccc(NC(=O)C3CCOCC3)cc2)cc1. The first-order valence-corrected chi connectivity index (χ1v) is 10.0. The Morgan fingerprint density at radius 1 is 0.962 bits per heavy atom. The van der Waals surface area contributed by atoms with Crippen LogP contribution in [0.3, 0.4) is 0 Å². The van der Waals surface area contributed by atoms with Crippen LogP contribution in [0.4, 0.5) is 11.4 Å². The number of carbonyl (C=O) groups is 1. The molecule has 2 N–H and O–H groups in total. The van der Waals surface area contributed by atoms with E-state index in [4.69, 9.17) is 4.74 Å². The minimum Gasteiger partial charge on any atom is -0.381 e. The molecule has 1 aliphatic rings. The fourth-order valence-corrected chi connectivity index (χ4v) is 3.82. The van der Waals surface area contributed by atoms with Gasteiger partial charge in [0.25, 0.3) is 10.0 Å². The van der Waals surface area contributed by atoms with Crippen molar-refractivity contribution in [2.75, 3.05) is 23.3 Å². The molecule has 0 atom stereocenters. The molecule has 1 amide bonds. The Labute approximate surface area is 153 Å². The van der Waals surface area contributed by atoms with Crippen molar-refractivity contribution >= 4 is 27.3 Å². The molecule has 2 aromatic rings. The van der Waals surface area contributed by atoms with E-state index < -0.39 is 10.0 Å². The van der Waals surface area contributed by atoms with Crippen LogP contribution in [-0.2, 0) is 19.6 Å². The molecular weight excluding hydrogens is 352 g/mol. The minimum absolute atomic E-state index is 0.0266. The molecule has 0 saturated carbocycles. The number of carbonyl (C=O) groups excluding carboxylic acids is 1. The lowest BCUT2D eigenvalue weighted by atomic mass is 9.99. The summed E-state index contributed by atoms with van der Waals surface area (Å²) < 4.78 is 32.6. The Morgan fingerprint density at radius 3 is 2.15 bits per heavy atom. The van der Waals surface area contributed by atoms with Crippen LogP contribution >= 0.6 is 0 Å². The number of anilines is 2. The van der Waals surface area contributed by atoms with Crippen molar-refractivity contribution in [2.24, 2.45) is 5.92 Å². The Morgan fingerprint density at radius 2 is 1.54 bits per heavy atom. The van der Waals surface area contributed by atoms with Gasteiger partial charge in [-0.15, -0.1) is 0 Å². The summed E-state index contributed by atoms with van der Waals surface area (Å²) in [5.74, 6) is -0.0650. The lowest BCUT2D eigenvalue weighted by Crippen LogP contribution is -2.28. The van der Waals surface area contributed by atoms with Gasteiger partial charge in [-0.1, -0.05) is 17.7 Å². The van der Waals surface area contributed by atoms with Gasteiger partial charge in [-0.2, -0.15) is 0 Å². The molecule has 0 unspecified atom stereocenters. The van der Waals surface area contributed by atoms with E-state index in [1.807, 2.05) is 6.92 Å². The van der Waals surface area contributed by atoms with E-state index in [1.165, 1.54) is 0 Å².